The Morgan fingerprint density at radius 3 is 2.53 bits per heavy atom. The molecule has 0 N–H and O–H groups in total. The quantitative estimate of drug-likeness (QED) is 0.732. The van der Waals surface area contributed by atoms with E-state index < -0.39 is 8.03 Å². The molecule has 0 heterocycles. The Morgan fingerprint density at radius 2 is 1.82 bits per heavy atom. The van der Waals surface area contributed by atoms with Gasteiger partial charge in [0.05, 0.1) is 6.61 Å². The van der Waals surface area contributed by atoms with E-state index in [0.717, 1.165) is 11.7 Å². The first-order valence-corrected chi connectivity index (χ1v) is 8.06. The molecule has 3 heteroatoms. The molecule has 0 amide bonds. The van der Waals surface area contributed by atoms with Crippen molar-refractivity contribution in [2.24, 2.45) is 5.92 Å². The van der Waals surface area contributed by atoms with Crippen molar-refractivity contribution in [3.8, 4) is 0 Å². The van der Waals surface area contributed by atoms with Crippen molar-refractivity contribution in [2.45, 2.75) is 38.7 Å². The van der Waals surface area contributed by atoms with Crippen LogP contribution in [-0.4, -0.2) is 6.16 Å². The molecule has 94 valence electrons. The van der Waals surface area contributed by atoms with Gasteiger partial charge in [-0.25, -0.2) is 0 Å². The molecule has 0 bridgehead atoms. The first-order chi connectivity index (χ1) is 8.34. The Balaban J connectivity index is 1.70. The molecule has 1 atom stereocenters. The molecule has 1 unspecified atom stereocenters. The van der Waals surface area contributed by atoms with E-state index in [2.05, 4.69) is 0 Å². The Bertz CT molecular complexity index is 344. The van der Waals surface area contributed by atoms with Gasteiger partial charge in [0, 0.05) is 6.16 Å². The summed E-state index contributed by atoms with van der Waals surface area (Å²) in [7, 11) is -1.84. The van der Waals surface area contributed by atoms with Crippen LogP contribution in [0.3, 0.4) is 0 Å². The highest BCUT2D eigenvalue weighted by Gasteiger charge is 2.16. The molecule has 1 fully saturated rings. The van der Waals surface area contributed by atoms with E-state index in [1.165, 1.54) is 32.1 Å². The summed E-state index contributed by atoms with van der Waals surface area (Å²) in [4.78, 5) is 0. The predicted octanol–water partition coefficient (Wildman–Crippen LogP) is 4.26. The molecule has 0 saturated heterocycles. The van der Waals surface area contributed by atoms with Crippen LogP contribution >= 0.6 is 8.03 Å². The summed E-state index contributed by atoms with van der Waals surface area (Å²) in [6.45, 7) is 0.491. The van der Waals surface area contributed by atoms with Gasteiger partial charge in [0.1, 0.15) is 0 Å². The zero-order chi connectivity index (χ0) is 11.9. The maximum absolute atomic E-state index is 11.8. The molecule has 1 aliphatic rings. The Hall–Kier alpha value is -0.590. The van der Waals surface area contributed by atoms with Gasteiger partial charge in [-0.1, -0.05) is 49.6 Å². The number of hydrogen-bond donors (Lipinski definition) is 0. The zero-order valence-electron chi connectivity index (χ0n) is 10.2. The second-order valence-electron chi connectivity index (χ2n) is 4.85. The van der Waals surface area contributed by atoms with E-state index in [4.69, 9.17) is 4.52 Å². The van der Waals surface area contributed by atoms with E-state index in [-0.39, 0.29) is 0 Å². The largest absolute Gasteiger partial charge is 0.326 e. The fourth-order valence-corrected chi connectivity index (χ4v) is 3.75. The third kappa shape index (κ3) is 4.65. The third-order valence-corrected chi connectivity index (χ3v) is 4.80. The van der Waals surface area contributed by atoms with Crippen LogP contribution in [-0.2, 0) is 15.7 Å². The second kappa shape index (κ2) is 6.98. The fourth-order valence-electron chi connectivity index (χ4n) is 2.42. The Kier molecular flexibility index (Phi) is 5.28. The fraction of sp³-hybridized carbons (Fsp3) is 0.571. The van der Waals surface area contributed by atoms with Crippen LogP contribution in [0.15, 0.2) is 30.3 Å². The van der Waals surface area contributed by atoms with Gasteiger partial charge < -0.3 is 4.52 Å². The molecule has 1 saturated carbocycles. The molecule has 1 aliphatic carbocycles. The summed E-state index contributed by atoms with van der Waals surface area (Å²) < 4.78 is 17.3. The average molecular weight is 252 g/mol. The highest BCUT2D eigenvalue weighted by Crippen LogP contribution is 2.34. The summed E-state index contributed by atoms with van der Waals surface area (Å²) in [5.74, 6) is 0.644. The average Bonchev–Trinajstić information content (AvgIpc) is 2.39. The van der Waals surface area contributed by atoms with Crippen LogP contribution in [0.5, 0.6) is 0 Å². The van der Waals surface area contributed by atoms with Gasteiger partial charge in [-0.05, 0) is 24.3 Å². The first-order valence-electron chi connectivity index (χ1n) is 6.54. The van der Waals surface area contributed by atoms with Gasteiger partial charge in [-0.2, -0.15) is 0 Å². The summed E-state index contributed by atoms with van der Waals surface area (Å²) >= 11 is 0. The summed E-state index contributed by atoms with van der Waals surface area (Å²) in [6.07, 6.45) is 7.23. The van der Waals surface area contributed by atoms with Crippen molar-refractivity contribution in [1.82, 2.24) is 0 Å². The number of benzene rings is 1. The topological polar surface area (TPSA) is 26.3 Å². The van der Waals surface area contributed by atoms with Crippen molar-refractivity contribution in [3.63, 3.8) is 0 Å². The lowest BCUT2D eigenvalue weighted by Crippen LogP contribution is -2.08. The van der Waals surface area contributed by atoms with Crippen molar-refractivity contribution in [1.29, 1.82) is 0 Å². The van der Waals surface area contributed by atoms with Crippen LogP contribution in [0.25, 0.3) is 0 Å². The second-order valence-corrected chi connectivity index (χ2v) is 6.30. The van der Waals surface area contributed by atoms with Gasteiger partial charge in [0.2, 0.25) is 0 Å². The van der Waals surface area contributed by atoms with E-state index in [0.29, 0.717) is 12.5 Å². The van der Waals surface area contributed by atoms with Gasteiger partial charge in [0.15, 0.2) is 8.03 Å². The Morgan fingerprint density at radius 1 is 1.12 bits per heavy atom. The summed E-state index contributed by atoms with van der Waals surface area (Å²) in [5, 5.41) is 0. The summed E-state index contributed by atoms with van der Waals surface area (Å²) in [5.41, 5.74) is 1.11. The standard InChI is InChI=1S/C14H21O2P/c15-17(12-14-9-5-2-6-10-14)16-11-13-7-3-1-4-8-13/h1,3-4,7-8,14,17H,2,5-6,9-12H2. The minimum Gasteiger partial charge on any atom is -0.326 e. The van der Waals surface area contributed by atoms with Crippen molar-refractivity contribution in [3.05, 3.63) is 35.9 Å². The highest BCUT2D eigenvalue weighted by molar-refractivity contribution is 7.39. The Labute approximate surface area is 104 Å². The molecule has 0 spiro atoms. The number of rotatable bonds is 5. The molecule has 1 aromatic rings. The van der Waals surface area contributed by atoms with Crippen LogP contribution in [0.4, 0.5) is 0 Å². The van der Waals surface area contributed by atoms with Gasteiger partial charge >= 0.3 is 0 Å². The van der Waals surface area contributed by atoms with Crippen LogP contribution < -0.4 is 0 Å². The van der Waals surface area contributed by atoms with Crippen LogP contribution in [0.1, 0.15) is 37.7 Å². The highest BCUT2D eigenvalue weighted by atomic mass is 31.1. The minimum atomic E-state index is -1.84. The molecule has 0 aliphatic heterocycles. The van der Waals surface area contributed by atoms with Crippen molar-refractivity contribution >= 4 is 8.03 Å². The van der Waals surface area contributed by atoms with Crippen LogP contribution in [0.2, 0.25) is 0 Å². The van der Waals surface area contributed by atoms with E-state index in [9.17, 15) is 4.57 Å². The minimum absolute atomic E-state index is 0.491. The van der Waals surface area contributed by atoms with Crippen molar-refractivity contribution in [2.75, 3.05) is 6.16 Å². The molecule has 2 rings (SSSR count). The molecular formula is C14H21O2P. The van der Waals surface area contributed by atoms with Gasteiger partial charge in [-0.3, -0.25) is 4.57 Å². The molecule has 0 aromatic heterocycles. The third-order valence-electron chi connectivity index (χ3n) is 3.42. The smallest absolute Gasteiger partial charge is 0.192 e. The molecule has 2 nitrogen and oxygen atoms in total. The normalized spacial score (nSPS) is 19.1. The molecular weight excluding hydrogens is 231 g/mol. The lowest BCUT2D eigenvalue weighted by Gasteiger charge is -2.20. The van der Waals surface area contributed by atoms with Crippen LogP contribution in [0, 0.1) is 5.92 Å². The van der Waals surface area contributed by atoms with Gasteiger partial charge in [-0.15, -0.1) is 0 Å². The zero-order valence-corrected chi connectivity index (χ0v) is 11.2. The monoisotopic (exact) mass is 252 g/mol. The maximum Gasteiger partial charge on any atom is 0.192 e. The SMILES string of the molecule is O=[PH](CC1CCCCC1)OCc1ccccc1. The lowest BCUT2D eigenvalue weighted by atomic mass is 9.91. The van der Waals surface area contributed by atoms with Crippen molar-refractivity contribution < 1.29 is 9.09 Å². The first kappa shape index (κ1) is 12.9. The summed E-state index contributed by atoms with van der Waals surface area (Å²) in [6, 6.07) is 9.97. The molecule has 17 heavy (non-hydrogen) atoms. The van der Waals surface area contributed by atoms with Gasteiger partial charge in [0.25, 0.3) is 0 Å². The molecule has 0 radical (unpaired) electrons. The lowest BCUT2D eigenvalue weighted by molar-refractivity contribution is 0.306. The van der Waals surface area contributed by atoms with E-state index in [1.807, 2.05) is 30.3 Å². The predicted molar refractivity (Wildman–Crippen MR) is 71.7 cm³/mol. The maximum atomic E-state index is 11.8. The van der Waals surface area contributed by atoms with E-state index in [1.54, 1.807) is 0 Å². The number of hydrogen-bond acceptors (Lipinski definition) is 2. The van der Waals surface area contributed by atoms with E-state index >= 15 is 0 Å². The molecule has 1 aromatic carbocycles.